The average Bonchev–Trinajstić information content (AvgIpc) is 3.28. The molecular formula is C28H31ClN4O6. The molecule has 1 saturated carbocycles. The lowest BCUT2D eigenvalue weighted by atomic mass is 9.78. The summed E-state index contributed by atoms with van der Waals surface area (Å²) in [6, 6.07) is 10.5. The summed E-state index contributed by atoms with van der Waals surface area (Å²) in [4.78, 5) is 41.5. The number of nitrogens with one attached hydrogen (secondary N) is 2. The third kappa shape index (κ3) is 6.57. The molecule has 3 aromatic rings. The van der Waals surface area contributed by atoms with Crippen molar-refractivity contribution in [1.82, 2.24) is 15.5 Å². The summed E-state index contributed by atoms with van der Waals surface area (Å²) >= 11 is 6.19. The Bertz CT molecular complexity index is 1370. The summed E-state index contributed by atoms with van der Waals surface area (Å²) in [5.41, 5.74) is 3.41. The smallest absolute Gasteiger partial charge is 0.408 e. The number of aromatic nitrogens is 2. The van der Waals surface area contributed by atoms with Crippen LogP contribution in [0.2, 0.25) is 5.02 Å². The normalized spacial score (nSPS) is 17.7. The number of aryl methyl sites for hydroxylation is 2. The molecule has 3 N–H and O–H groups in total. The summed E-state index contributed by atoms with van der Waals surface area (Å²) < 4.78 is 11.0. The fourth-order valence-corrected chi connectivity index (χ4v) is 5.10. The van der Waals surface area contributed by atoms with Gasteiger partial charge in [-0.1, -0.05) is 47.8 Å². The van der Waals surface area contributed by atoms with Crippen LogP contribution in [0.25, 0.3) is 11.5 Å². The van der Waals surface area contributed by atoms with Crippen LogP contribution >= 0.6 is 11.6 Å². The van der Waals surface area contributed by atoms with Gasteiger partial charge < -0.3 is 25.0 Å². The molecule has 1 aromatic carbocycles. The van der Waals surface area contributed by atoms with Crippen LogP contribution in [0.3, 0.4) is 0 Å². The molecule has 39 heavy (non-hydrogen) atoms. The van der Waals surface area contributed by atoms with Crippen molar-refractivity contribution in [3.63, 3.8) is 0 Å². The summed E-state index contributed by atoms with van der Waals surface area (Å²) in [6.07, 6.45) is 1.50. The van der Waals surface area contributed by atoms with Crippen molar-refractivity contribution >= 4 is 35.3 Å². The first-order chi connectivity index (χ1) is 18.7. The zero-order valence-electron chi connectivity index (χ0n) is 22.0. The van der Waals surface area contributed by atoms with Gasteiger partial charge in [-0.15, -0.1) is 0 Å². The number of alkyl carbamates (subject to hydrolysis) is 1. The molecule has 10 nitrogen and oxygen atoms in total. The Morgan fingerprint density at radius 3 is 2.51 bits per heavy atom. The molecule has 1 aliphatic carbocycles. The SMILES string of the molecule is Cc1nc(-c2onc(C)c2CNC(=O)O[C@H](C)c2ccccc2Cl)ccc1NC(=O)[C@H]1CCCC[C@@H]1C(=O)O. The van der Waals surface area contributed by atoms with Crippen LogP contribution in [0.1, 0.15) is 61.2 Å². The second-order valence-corrected chi connectivity index (χ2v) is 10.1. The number of carbonyl (C=O) groups excluding carboxylic acids is 2. The monoisotopic (exact) mass is 554 g/mol. The highest BCUT2D eigenvalue weighted by Crippen LogP contribution is 2.32. The van der Waals surface area contributed by atoms with Crippen molar-refractivity contribution in [2.45, 2.75) is 59.1 Å². The standard InChI is InChI=1S/C28H31ClN4O6/c1-15-21(14-30-28(37)38-17(3)18-8-6-7-11-22(18)29)25(39-33-15)24-13-12-23(16(2)31-24)32-26(34)19-9-4-5-10-20(19)27(35)36/h6-8,11-13,17,19-20H,4-5,9-10,14H2,1-3H3,(H,30,37)(H,32,34)(H,35,36)/t17-,19+,20+/m1/s1. The summed E-state index contributed by atoms with van der Waals surface area (Å²) in [6.45, 7) is 5.33. The van der Waals surface area contributed by atoms with E-state index in [-0.39, 0.29) is 12.5 Å². The second-order valence-electron chi connectivity index (χ2n) is 9.65. The van der Waals surface area contributed by atoms with Gasteiger partial charge in [-0.3, -0.25) is 9.59 Å². The van der Waals surface area contributed by atoms with Crippen LogP contribution in [-0.4, -0.2) is 33.2 Å². The molecule has 206 valence electrons. The van der Waals surface area contributed by atoms with Gasteiger partial charge >= 0.3 is 12.1 Å². The zero-order valence-corrected chi connectivity index (χ0v) is 22.7. The number of aliphatic carboxylic acids is 1. The lowest BCUT2D eigenvalue weighted by molar-refractivity contribution is -0.147. The van der Waals surface area contributed by atoms with Crippen LogP contribution in [0.4, 0.5) is 10.5 Å². The quantitative estimate of drug-likeness (QED) is 0.316. The molecule has 2 aromatic heterocycles. The van der Waals surface area contributed by atoms with Crippen molar-refractivity contribution < 1.29 is 28.8 Å². The predicted octanol–water partition coefficient (Wildman–Crippen LogP) is 5.82. The molecule has 0 spiro atoms. The number of hydrogen-bond donors (Lipinski definition) is 3. The third-order valence-electron chi connectivity index (χ3n) is 7.02. The van der Waals surface area contributed by atoms with Crippen LogP contribution in [0, 0.1) is 25.7 Å². The zero-order chi connectivity index (χ0) is 28.1. The molecule has 0 aliphatic heterocycles. The van der Waals surface area contributed by atoms with E-state index in [0.29, 0.717) is 57.5 Å². The molecular weight excluding hydrogens is 524 g/mol. The molecule has 4 rings (SSSR count). The van der Waals surface area contributed by atoms with Crippen LogP contribution in [0.15, 0.2) is 40.9 Å². The number of nitrogens with zero attached hydrogens (tertiary/aromatic N) is 2. The van der Waals surface area contributed by atoms with Gasteiger partial charge in [0.05, 0.1) is 35.5 Å². The molecule has 0 unspecified atom stereocenters. The van der Waals surface area contributed by atoms with E-state index in [4.69, 9.17) is 20.9 Å². The maximum atomic E-state index is 12.9. The summed E-state index contributed by atoms with van der Waals surface area (Å²) in [5.74, 6) is -2.14. The van der Waals surface area contributed by atoms with Gasteiger partial charge in [0.1, 0.15) is 11.8 Å². The highest BCUT2D eigenvalue weighted by Gasteiger charge is 2.36. The summed E-state index contributed by atoms with van der Waals surface area (Å²) in [5, 5.41) is 19.6. The van der Waals surface area contributed by atoms with Crippen molar-refractivity contribution in [3.05, 3.63) is 63.9 Å². The van der Waals surface area contributed by atoms with E-state index in [9.17, 15) is 19.5 Å². The fraction of sp³-hybridized carbons (Fsp3) is 0.393. The van der Waals surface area contributed by atoms with E-state index >= 15 is 0 Å². The maximum absolute atomic E-state index is 12.9. The van der Waals surface area contributed by atoms with Crippen molar-refractivity contribution in [3.8, 4) is 11.5 Å². The fourth-order valence-electron chi connectivity index (χ4n) is 4.81. The van der Waals surface area contributed by atoms with Gasteiger partial charge in [0.2, 0.25) is 5.91 Å². The molecule has 2 heterocycles. The Morgan fingerprint density at radius 2 is 1.82 bits per heavy atom. The molecule has 0 radical (unpaired) electrons. The first-order valence-electron chi connectivity index (χ1n) is 12.8. The topological polar surface area (TPSA) is 144 Å². The number of hydrogen-bond acceptors (Lipinski definition) is 7. The molecule has 1 fully saturated rings. The Morgan fingerprint density at radius 1 is 1.10 bits per heavy atom. The highest BCUT2D eigenvalue weighted by atomic mass is 35.5. The minimum atomic E-state index is -0.941. The summed E-state index contributed by atoms with van der Waals surface area (Å²) in [7, 11) is 0. The molecule has 11 heteroatoms. The highest BCUT2D eigenvalue weighted by molar-refractivity contribution is 6.31. The van der Waals surface area contributed by atoms with Crippen molar-refractivity contribution in [2.24, 2.45) is 11.8 Å². The lowest BCUT2D eigenvalue weighted by Crippen LogP contribution is -2.36. The second kappa shape index (κ2) is 12.3. The number of anilines is 1. The van der Waals surface area contributed by atoms with E-state index < -0.39 is 30.0 Å². The molecule has 2 amide bonds. The largest absolute Gasteiger partial charge is 0.481 e. The number of amides is 2. The first-order valence-corrected chi connectivity index (χ1v) is 13.2. The molecule has 3 atom stereocenters. The number of pyridine rings is 1. The maximum Gasteiger partial charge on any atom is 0.408 e. The number of halogens is 1. The van der Waals surface area contributed by atoms with E-state index in [1.54, 1.807) is 51.1 Å². The Hall–Kier alpha value is -3.92. The Labute approximate surface area is 231 Å². The number of carboxylic acids is 1. The van der Waals surface area contributed by atoms with Crippen LogP contribution in [0.5, 0.6) is 0 Å². The number of carbonyl (C=O) groups is 3. The van der Waals surface area contributed by atoms with E-state index in [1.165, 1.54) is 0 Å². The van der Waals surface area contributed by atoms with Gasteiger partial charge in [-0.2, -0.15) is 0 Å². The van der Waals surface area contributed by atoms with Gasteiger partial charge in [-0.05, 0) is 51.8 Å². The van der Waals surface area contributed by atoms with Crippen molar-refractivity contribution in [1.29, 1.82) is 0 Å². The Kier molecular flexibility index (Phi) is 8.86. The van der Waals surface area contributed by atoms with Gasteiger partial charge in [0, 0.05) is 16.1 Å². The van der Waals surface area contributed by atoms with Gasteiger partial charge in [0.15, 0.2) is 5.76 Å². The average molecular weight is 555 g/mol. The minimum absolute atomic E-state index is 0.0935. The van der Waals surface area contributed by atoms with Crippen LogP contribution in [-0.2, 0) is 20.9 Å². The number of rotatable bonds is 8. The van der Waals surface area contributed by atoms with E-state index in [2.05, 4.69) is 20.8 Å². The lowest BCUT2D eigenvalue weighted by Gasteiger charge is -2.27. The van der Waals surface area contributed by atoms with E-state index in [1.807, 2.05) is 6.07 Å². The minimum Gasteiger partial charge on any atom is -0.481 e. The molecule has 1 aliphatic rings. The third-order valence-corrected chi connectivity index (χ3v) is 7.36. The van der Waals surface area contributed by atoms with Crippen LogP contribution < -0.4 is 10.6 Å². The number of benzene rings is 1. The number of carboxylic acid groups (broad SMARTS) is 1. The first kappa shape index (κ1) is 28.1. The predicted molar refractivity (Wildman–Crippen MR) is 144 cm³/mol. The van der Waals surface area contributed by atoms with E-state index in [0.717, 1.165) is 12.8 Å². The Balaban J connectivity index is 1.42. The van der Waals surface area contributed by atoms with Gasteiger partial charge in [0.25, 0.3) is 0 Å². The van der Waals surface area contributed by atoms with Crippen molar-refractivity contribution in [2.75, 3.05) is 5.32 Å². The molecule has 0 saturated heterocycles. The van der Waals surface area contributed by atoms with Gasteiger partial charge in [-0.25, -0.2) is 9.78 Å². The number of ether oxygens (including phenoxy) is 1. The molecule has 0 bridgehead atoms.